The number of nitrogens with zero attached hydrogens (tertiary/aromatic N) is 2. The molecule has 0 spiro atoms. The van der Waals surface area contributed by atoms with Gasteiger partial charge in [-0.05, 0) is 19.4 Å². The zero-order chi connectivity index (χ0) is 11.8. The second kappa shape index (κ2) is 6.90. The van der Waals surface area contributed by atoms with E-state index in [0.29, 0.717) is 19.1 Å². The molecule has 0 saturated carbocycles. The van der Waals surface area contributed by atoms with Crippen LogP contribution in [-0.4, -0.2) is 28.5 Å². The van der Waals surface area contributed by atoms with E-state index in [1.807, 2.05) is 0 Å². The third kappa shape index (κ3) is 4.84. The van der Waals surface area contributed by atoms with Crippen LogP contribution in [0.2, 0.25) is 0 Å². The van der Waals surface area contributed by atoms with Gasteiger partial charge in [-0.1, -0.05) is 6.92 Å². The number of amides is 1. The molecule has 0 saturated heterocycles. The van der Waals surface area contributed by atoms with Crippen LogP contribution < -0.4 is 10.6 Å². The van der Waals surface area contributed by atoms with Gasteiger partial charge in [0.1, 0.15) is 6.33 Å². The number of rotatable bonds is 6. The summed E-state index contributed by atoms with van der Waals surface area (Å²) in [5.74, 6) is -0.0149. The van der Waals surface area contributed by atoms with Crippen LogP contribution in [-0.2, 0) is 11.3 Å². The summed E-state index contributed by atoms with van der Waals surface area (Å²) in [6.07, 6.45) is 4.14. The molecular formula is C11H18N4O. The average molecular weight is 222 g/mol. The Labute approximate surface area is 95.7 Å². The van der Waals surface area contributed by atoms with Crippen molar-refractivity contribution in [2.45, 2.75) is 32.9 Å². The van der Waals surface area contributed by atoms with Gasteiger partial charge in [-0.2, -0.15) is 0 Å². The monoisotopic (exact) mass is 222 g/mol. The van der Waals surface area contributed by atoms with Gasteiger partial charge in [-0.15, -0.1) is 0 Å². The Morgan fingerprint density at radius 1 is 1.56 bits per heavy atom. The second-order valence-corrected chi connectivity index (χ2v) is 3.67. The van der Waals surface area contributed by atoms with Gasteiger partial charge in [0.2, 0.25) is 5.91 Å². The number of aromatic nitrogens is 2. The van der Waals surface area contributed by atoms with E-state index in [-0.39, 0.29) is 5.91 Å². The first-order chi connectivity index (χ1) is 7.72. The van der Waals surface area contributed by atoms with Crippen LogP contribution in [0, 0.1) is 0 Å². The number of carbonyl (C=O) groups is 1. The van der Waals surface area contributed by atoms with E-state index in [1.165, 1.54) is 6.33 Å². The molecule has 0 radical (unpaired) electrons. The van der Waals surface area contributed by atoms with Gasteiger partial charge in [-0.25, -0.2) is 9.97 Å². The van der Waals surface area contributed by atoms with Crippen molar-refractivity contribution in [3.8, 4) is 0 Å². The molecule has 0 aliphatic carbocycles. The summed E-state index contributed by atoms with van der Waals surface area (Å²) >= 11 is 0. The average Bonchev–Trinajstić information content (AvgIpc) is 2.34. The quantitative estimate of drug-likeness (QED) is 0.734. The molecule has 1 atom stereocenters. The van der Waals surface area contributed by atoms with E-state index < -0.39 is 0 Å². The molecule has 0 bridgehead atoms. The van der Waals surface area contributed by atoms with Gasteiger partial charge >= 0.3 is 0 Å². The minimum Gasteiger partial charge on any atom is -0.349 e. The first-order valence-corrected chi connectivity index (χ1v) is 5.47. The summed E-state index contributed by atoms with van der Waals surface area (Å²) in [4.78, 5) is 19.2. The van der Waals surface area contributed by atoms with Crippen LogP contribution in [0.15, 0.2) is 18.6 Å². The highest BCUT2D eigenvalue weighted by molar-refractivity contribution is 5.77. The van der Waals surface area contributed by atoms with Gasteiger partial charge in [0, 0.05) is 12.2 Å². The van der Waals surface area contributed by atoms with Crippen LogP contribution in [0.5, 0.6) is 0 Å². The minimum absolute atomic E-state index is 0.0149. The number of nitrogens with one attached hydrogen (secondary N) is 2. The standard InChI is InChI=1S/C11H18N4O/c1-3-9(2)13-7-11(16)14-6-10-4-5-12-8-15-10/h4-5,8-9,13H,3,6-7H2,1-2H3,(H,14,16). The Morgan fingerprint density at radius 2 is 2.38 bits per heavy atom. The molecule has 0 aliphatic heterocycles. The molecule has 0 aromatic carbocycles. The molecule has 5 heteroatoms. The first-order valence-electron chi connectivity index (χ1n) is 5.47. The highest BCUT2D eigenvalue weighted by Crippen LogP contribution is 1.90. The molecule has 1 aromatic heterocycles. The molecule has 1 heterocycles. The molecule has 0 fully saturated rings. The summed E-state index contributed by atoms with van der Waals surface area (Å²) in [5.41, 5.74) is 0.812. The zero-order valence-corrected chi connectivity index (χ0v) is 9.73. The van der Waals surface area contributed by atoms with Crippen molar-refractivity contribution in [1.29, 1.82) is 0 Å². The van der Waals surface area contributed by atoms with Gasteiger partial charge in [-0.3, -0.25) is 4.79 Å². The Balaban J connectivity index is 2.20. The third-order valence-electron chi connectivity index (χ3n) is 2.33. The number of hydrogen-bond acceptors (Lipinski definition) is 4. The van der Waals surface area contributed by atoms with Crippen LogP contribution in [0.4, 0.5) is 0 Å². The first kappa shape index (κ1) is 12.6. The van der Waals surface area contributed by atoms with Gasteiger partial charge in [0.25, 0.3) is 0 Å². The van der Waals surface area contributed by atoms with Crippen LogP contribution in [0.3, 0.4) is 0 Å². The van der Waals surface area contributed by atoms with Crippen molar-refractivity contribution in [1.82, 2.24) is 20.6 Å². The Bertz CT molecular complexity index is 315. The van der Waals surface area contributed by atoms with E-state index in [2.05, 4.69) is 34.4 Å². The number of carbonyl (C=O) groups excluding carboxylic acids is 1. The summed E-state index contributed by atoms with van der Waals surface area (Å²) in [7, 11) is 0. The van der Waals surface area contributed by atoms with Gasteiger partial charge in [0.05, 0.1) is 18.8 Å². The second-order valence-electron chi connectivity index (χ2n) is 3.67. The fraction of sp³-hybridized carbons (Fsp3) is 0.545. The fourth-order valence-corrected chi connectivity index (χ4v) is 1.09. The molecule has 1 amide bonds. The predicted molar refractivity (Wildman–Crippen MR) is 61.6 cm³/mol. The molecule has 88 valence electrons. The lowest BCUT2D eigenvalue weighted by Gasteiger charge is -2.10. The lowest BCUT2D eigenvalue weighted by Crippen LogP contribution is -2.37. The third-order valence-corrected chi connectivity index (χ3v) is 2.33. The summed E-state index contributed by atoms with van der Waals surface area (Å²) in [6.45, 7) is 4.93. The molecule has 5 nitrogen and oxygen atoms in total. The Hall–Kier alpha value is -1.49. The largest absolute Gasteiger partial charge is 0.349 e. The summed E-state index contributed by atoms with van der Waals surface area (Å²) in [5, 5.41) is 5.91. The van der Waals surface area contributed by atoms with E-state index in [4.69, 9.17) is 0 Å². The lowest BCUT2D eigenvalue weighted by atomic mass is 10.2. The van der Waals surface area contributed by atoms with E-state index in [1.54, 1.807) is 12.3 Å². The molecule has 2 N–H and O–H groups in total. The van der Waals surface area contributed by atoms with Crippen molar-refractivity contribution in [3.05, 3.63) is 24.3 Å². The van der Waals surface area contributed by atoms with Crippen molar-refractivity contribution >= 4 is 5.91 Å². The normalized spacial score (nSPS) is 12.1. The Morgan fingerprint density at radius 3 is 3.00 bits per heavy atom. The lowest BCUT2D eigenvalue weighted by molar-refractivity contribution is -0.120. The van der Waals surface area contributed by atoms with Crippen LogP contribution in [0.25, 0.3) is 0 Å². The van der Waals surface area contributed by atoms with E-state index in [0.717, 1.165) is 12.1 Å². The fourth-order valence-electron chi connectivity index (χ4n) is 1.09. The molecule has 1 rings (SSSR count). The molecule has 0 aliphatic rings. The maximum atomic E-state index is 11.4. The topological polar surface area (TPSA) is 66.9 Å². The van der Waals surface area contributed by atoms with Crippen molar-refractivity contribution in [2.75, 3.05) is 6.54 Å². The smallest absolute Gasteiger partial charge is 0.234 e. The van der Waals surface area contributed by atoms with Gasteiger partial charge in [0.15, 0.2) is 0 Å². The van der Waals surface area contributed by atoms with Crippen LogP contribution >= 0.6 is 0 Å². The van der Waals surface area contributed by atoms with E-state index in [9.17, 15) is 4.79 Å². The summed E-state index contributed by atoms with van der Waals surface area (Å²) < 4.78 is 0. The van der Waals surface area contributed by atoms with Crippen molar-refractivity contribution < 1.29 is 4.79 Å². The minimum atomic E-state index is -0.0149. The maximum absolute atomic E-state index is 11.4. The molecular weight excluding hydrogens is 204 g/mol. The SMILES string of the molecule is CCC(C)NCC(=O)NCc1ccncn1. The summed E-state index contributed by atoms with van der Waals surface area (Å²) in [6, 6.07) is 2.15. The number of hydrogen-bond donors (Lipinski definition) is 2. The molecule has 1 aromatic rings. The van der Waals surface area contributed by atoms with Crippen molar-refractivity contribution in [3.63, 3.8) is 0 Å². The van der Waals surface area contributed by atoms with E-state index >= 15 is 0 Å². The highest BCUT2D eigenvalue weighted by atomic mass is 16.1. The Kier molecular flexibility index (Phi) is 5.42. The molecule has 1 unspecified atom stereocenters. The molecule has 16 heavy (non-hydrogen) atoms. The van der Waals surface area contributed by atoms with Crippen LogP contribution in [0.1, 0.15) is 26.0 Å². The van der Waals surface area contributed by atoms with Gasteiger partial charge < -0.3 is 10.6 Å². The zero-order valence-electron chi connectivity index (χ0n) is 9.73. The highest BCUT2D eigenvalue weighted by Gasteiger charge is 2.03. The van der Waals surface area contributed by atoms with Crippen molar-refractivity contribution in [2.24, 2.45) is 0 Å². The maximum Gasteiger partial charge on any atom is 0.234 e. The predicted octanol–water partition coefficient (Wildman–Crippen LogP) is 0.481.